The van der Waals surface area contributed by atoms with Crippen LogP contribution in [0.4, 0.5) is 10.1 Å². The number of benzene rings is 1. The van der Waals surface area contributed by atoms with Crippen LogP contribution in [0.1, 0.15) is 12.8 Å². The molecule has 0 bridgehead atoms. The van der Waals surface area contributed by atoms with Gasteiger partial charge in [-0.15, -0.1) is 0 Å². The van der Waals surface area contributed by atoms with E-state index in [0.717, 1.165) is 24.3 Å². The Hall–Kier alpha value is -1.03. The Labute approximate surface area is 98.6 Å². The molecule has 0 aromatic heterocycles. The fraction of sp³-hybridized carbons (Fsp3) is 0.417. The average molecular weight is 239 g/mol. The number of carbonyl (C=O) groups is 1. The van der Waals surface area contributed by atoms with Crippen LogP contribution in [0.15, 0.2) is 24.3 Å². The van der Waals surface area contributed by atoms with Crippen molar-refractivity contribution in [3.63, 3.8) is 0 Å². The molecule has 2 nitrogen and oxygen atoms in total. The van der Waals surface area contributed by atoms with Crippen molar-refractivity contribution in [1.82, 2.24) is 0 Å². The molecule has 1 saturated heterocycles. The van der Waals surface area contributed by atoms with E-state index in [-0.39, 0.29) is 17.6 Å². The van der Waals surface area contributed by atoms with E-state index < -0.39 is 0 Å². The molecule has 1 aromatic rings. The van der Waals surface area contributed by atoms with Crippen molar-refractivity contribution in [2.24, 2.45) is 5.92 Å². The molecule has 1 heterocycles. The van der Waals surface area contributed by atoms with E-state index in [1.807, 2.05) is 11.8 Å². The predicted octanol–water partition coefficient (Wildman–Crippen LogP) is 2.91. The molecule has 1 amide bonds. The first-order valence-corrected chi connectivity index (χ1v) is 6.55. The summed E-state index contributed by atoms with van der Waals surface area (Å²) in [6.45, 7) is 0. The first kappa shape index (κ1) is 11.5. The third-order valence-electron chi connectivity index (χ3n) is 2.70. The van der Waals surface area contributed by atoms with Crippen molar-refractivity contribution in [2.75, 3.05) is 16.8 Å². The second-order valence-corrected chi connectivity index (χ2v) is 5.11. The summed E-state index contributed by atoms with van der Waals surface area (Å²) in [5.41, 5.74) is 0.671. The van der Waals surface area contributed by atoms with Crippen molar-refractivity contribution in [3.8, 4) is 0 Å². The van der Waals surface area contributed by atoms with Crippen molar-refractivity contribution >= 4 is 23.4 Å². The lowest BCUT2D eigenvalue weighted by Crippen LogP contribution is -2.26. The Balaban J connectivity index is 1.93. The van der Waals surface area contributed by atoms with E-state index in [0.29, 0.717) is 5.69 Å². The summed E-state index contributed by atoms with van der Waals surface area (Å²) in [7, 11) is 0. The molecule has 1 aliphatic heterocycles. The van der Waals surface area contributed by atoms with E-state index in [1.54, 1.807) is 12.1 Å². The predicted molar refractivity (Wildman–Crippen MR) is 65.1 cm³/mol. The van der Waals surface area contributed by atoms with Gasteiger partial charge in [0.2, 0.25) is 5.91 Å². The lowest BCUT2D eigenvalue weighted by Gasteiger charge is -2.20. The fourth-order valence-electron chi connectivity index (χ4n) is 1.74. The van der Waals surface area contributed by atoms with Crippen molar-refractivity contribution < 1.29 is 9.18 Å². The Bertz CT molecular complexity index is 360. The number of halogens is 1. The van der Waals surface area contributed by atoms with Gasteiger partial charge in [0.05, 0.1) is 0 Å². The topological polar surface area (TPSA) is 29.1 Å². The number of hydrogen-bond donors (Lipinski definition) is 1. The van der Waals surface area contributed by atoms with Gasteiger partial charge in [-0.25, -0.2) is 4.39 Å². The Morgan fingerprint density at radius 2 is 1.88 bits per heavy atom. The SMILES string of the molecule is O=C(Nc1ccc(F)cc1)C1CCSCC1. The molecule has 4 heteroatoms. The molecule has 16 heavy (non-hydrogen) atoms. The van der Waals surface area contributed by atoms with Crippen LogP contribution in [0.2, 0.25) is 0 Å². The van der Waals surface area contributed by atoms with Gasteiger partial charge < -0.3 is 5.32 Å². The van der Waals surface area contributed by atoms with Crippen molar-refractivity contribution in [1.29, 1.82) is 0 Å². The van der Waals surface area contributed by atoms with Gasteiger partial charge in [0.25, 0.3) is 0 Å². The smallest absolute Gasteiger partial charge is 0.227 e. The zero-order chi connectivity index (χ0) is 11.4. The van der Waals surface area contributed by atoms with Crippen LogP contribution in [0.25, 0.3) is 0 Å². The Morgan fingerprint density at radius 1 is 1.25 bits per heavy atom. The summed E-state index contributed by atoms with van der Waals surface area (Å²) in [5, 5.41) is 2.82. The van der Waals surface area contributed by atoms with E-state index in [9.17, 15) is 9.18 Å². The third-order valence-corrected chi connectivity index (χ3v) is 3.75. The number of rotatable bonds is 2. The van der Waals surface area contributed by atoms with Crippen LogP contribution in [0, 0.1) is 11.7 Å². The van der Waals surface area contributed by atoms with E-state index >= 15 is 0 Å². The number of hydrogen-bond acceptors (Lipinski definition) is 2. The van der Waals surface area contributed by atoms with Crippen molar-refractivity contribution in [3.05, 3.63) is 30.1 Å². The van der Waals surface area contributed by atoms with Crippen LogP contribution in [-0.2, 0) is 4.79 Å². The number of amides is 1. The van der Waals surface area contributed by atoms with Crippen LogP contribution in [0.3, 0.4) is 0 Å². The van der Waals surface area contributed by atoms with E-state index in [1.165, 1.54) is 12.1 Å². The highest BCUT2D eigenvalue weighted by Gasteiger charge is 2.21. The summed E-state index contributed by atoms with van der Waals surface area (Å²) in [6, 6.07) is 5.88. The van der Waals surface area contributed by atoms with Crippen LogP contribution in [-0.4, -0.2) is 17.4 Å². The van der Waals surface area contributed by atoms with Gasteiger partial charge in [-0.2, -0.15) is 11.8 Å². The number of nitrogens with one attached hydrogen (secondary N) is 1. The zero-order valence-corrected chi connectivity index (χ0v) is 9.73. The summed E-state index contributed by atoms with van der Waals surface area (Å²) in [4.78, 5) is 11.8. The molecule has 0 saturated carbocycles. The van der Waals surface area contributed by atoms with Crippen LogP contribution in [0.5, 0.6) is 0 Å². The maximum absolute atomic E-state index is 12.7. The van der Waals surface area contributed by atoms with Crippen LogP contribution >= 0.6 is 11.8 Å². The molecular formula is C12H14FNOS. The lowest BCUT2D eigenvalue weighted by atomic mass is 10.0. The minimum absolute atomic E-state index is 0.0620. The molecular weight excluding hydrogens is 225 g/mol. The molecule has 1 fully saturated rings. The van der Waals surface area contributed by atoms with Crippen LogP contribution < -0.4 is 5.32 Å². The second kappa shape index (κ2) is 5.34. The maximum Gasteiger partial charge on any atom is 0.227 e. The normalized spacial score (nSPS) is 17.1. The molecule has 0 unspecified atom stereocenters. The Morgan fingerprint density at radius 3 is 2.50 bits per heavy atom. The summed E-state index contributed by atoms with van der Waals surface area (Å²) in [6.07, 6.45) is 1.88. The number of anilines is 1. The second-order valence-electron chi connectivity index (χ2n) is 3.88. The van der Waals surface area contributed by atoms with Gasteiger partial charge in [-0.1, -0.05) is 0 Å². The highest BCUT2D eigenvalue weighted by atomic mass is 32.2. The number of carbonyl (C=O) groups excluding carboxylic acids is 1. The highest BCUT2D eigenvalue weighted by molar-refractivity contribution is 7.99. The first-order valence-electron chi connectivity index (χ1n) is 5.40. The molecule has 1 aliphatic rings. The van der Waals surface area contributed by atoms with Gasteiger partial charge >= 0.3 is 0 Å². The highest BCUT2D eigenvalue weighted by Crippen LogP contribution is 2.24. The van der Waals surface area contributed by atoms with Gasteiger partial charge in [-0.3, -0.25) is 4.79 Å². The quantitative estimate of drug-likeness (QED) is 0.859. The first-order chi connectivity index (χ1) is 7.75. The standard InChI is InChI=1S/C12H14FNOS/c13-10-1-3-11(4-2-10)14-12(15)9-5-7-16-8-6-9/h1-4,9H,5-8H2,(H,14,15). The minimum Gasteiger partial charge on any atom is -0.326 e. The lowest BCUT2D eigenvalue weighted by molar-refractivity contribution is -0.120. The molecule has 0 spiro atoms. The van der Waals surface area contributed by atoms with Gasteiger partial charge in [0.1, 0.15) is 5.82 Å². The van der Waals surface area contributed by atoms with Gasteiger partial charge in [0, 0.05) is 11.6 Å². The average Bonchev–Trinajstić information content (AvgIpc) is 2.33. The largest absolute Gasteiger partial charge is 0.326 e. The monoisotopic (exact) mass is 239 g/mol. The van der Waals surface area contributed by atoms with E-state index in [4.69, 9.17) is 0 Å². The fourth-order valence-corrected chi connectivity index (χ4v) is 2.84. The minimum atomic E-state index is -0.285. The van der Waals surface area contributed by atoms with Gasteiger partial charge in [0.15, 0.2) is 0 Å². The Kier molecular flexibility index (Phi) is 3.83. The molecule has 0 aliphatic carbocycles. The molecule has 1 N–H and O–H groups in total. The number of thioether (sulfide) groups is 1. The molecule has 2 rings (SSSR count). The van der Waals surface area contributed by atoms with Gasteiger partial charge in [-0.05, 0) is 48.6 Å². The third kappa shape index (κ3) is 2.98. The van der Waals surface area contributed by atoms with Crippen molar-refractivity contribution in [2.45, 2.75) is 12.8 Å². The maximum atomic E-state index is 12.7. The summed E-state index contributed by atoms with van der Waals surface area (Å²) >= 11 is 1.89. The molecule has 1 aromatic carbocycles. The molecule has 0 atom stereocenters. The zero-order valence-electron chi connectivity index (χ0n) is 8.91. The summed E-state index contributed by atoms with van der Waals surface area (Å²) < 4.78 is 12.7. The summed E-state index contributed by atoms with van der Waals surface area (Å²) in [5.74, 6) is 2.01. The van der Waals surface area contributed by atoms with E-state index in [2.05, 4.69) is 5.32 Å². The molecule has 0 radical (unpaired) electrons. The molecule has 86 valence electrons.